The van der Waals surface area contributed by atoms with Crippen molar-refractivity contribution in [3.63, 3.8) is 0 Å². The first-order chi connectivity index (χ1) is 13.0. The first kappa shape index (κ1) is 18.4. The van der Waals surface area contributed by atoms with Crippen molar-refractivity contribution in [1.29, 1.82) is 0 Å². The van der Waals surface area contributed by atoms with Crippen molar-refractivity contribution in [3.8, 4) is 11.3 Å². The molecule has 3 aromatic heterocycles. The molecule has 0 unspecified atom stereocenters. The molecular weight excluding hydrogens is 374 g/mol. The number of ether oxygens (including phenoxy) is 2. The van der Waals surface area contributed by atoms with Crippen LogP contribution in [0.2, 0.25) is 0 Å². The molecule has 0 aromatic carbocycles. The number of aromatic amines is 1. The van der Waals surface area contributed by atoms with Gasteiger partial charge in [-0.15, -0.1) is 11.3 Å². The summed E-state index contributed by atoms with van der Waals surface area (Å²) < 4.78 is 14.4. The zero-order chi connectivity index (χ0) is 19.4. The largest absolute Gasteiger partial charge is 0.469 e. The van der Waals surface area contributed by atoms with E-state index in [-0.39, 0.29) is 17.7 Å². The molecule has 0 atom stereocenters. The zero-order valence-corrected chi connectivity index (χ0v) is 15.2. The first-order valence-electron chi connectivity index (χ1n) is 7.69. The van der Waals surface area contributed by atoms with Crippen molar-refractivity contribution in [2.45, 2.75) is 6.42 Å². The highest BCUT2D eigenvalue weighted by Gasteiger charge is 2.19. The number of H-pyrrole nitrogens is 1. The van der Waals surface area contributed by atoms with Crippen molar-refractivity contribution in [1.82, 2.24) is 9.97 Å². The van der Waals surface area contributed by atoms with Crippen molar-refractivity contribution in [2.24, 2.45) is 0 Å². The molecule has 0 aliphatic heterocycles. The molecule has 9 nitrogen and oxygen atoms in total. The van der Waals surface area contributed by atoms with E-state index in [1.807, 2.05) is 0 Å². The highest BCUT2D eigenvalue weighted by Crippen LogP contribution is 2.26. The number of methoxy groups -OCH3 is 2. The second-order valence-corrected chi connectivity index (χ2v) is 6.15. The molecule has 0 saturated carbocycles. The molecule has 1 amide bonds. The van der Waals surface area contributed by atoms with Gasteiger partial charge in [-0.25, -0.2) is 9.78 Å². The van der Waals surface area contributed by atoms with Gasteiger partial charge in [-0.3, -0.25) is 14.9 Å². The molecule has 0 aliphatic carbocycles. The molecule has 140 valence electrons. The van der Waals surface area contributed by atoms with Crippen molar-refractivity contribution < 1.29 is 28.3 Å². The summed E-state index contributed by atoms with van der Waals surface area (Å²) in [5.74, 6) is -1.23. The predicted molar refractivity (Wildman–Crippen MR) is 95.6 cm³/mol. The molecule has 27 heavy (non-hydrogen) atoms. The second kappa shape index (κ2) is 7.87. The van der Waals surface area contributed by atoms with E-state index >= 15 is 0 Å². The standard InChI is InChI=1S/C17H15N3O6S/c1-24-14(21)6-13-10(3-4-26-13)15(22)20-17-19-12(8-27-17)9-5-11(18-7-9)16(23)25-2/h3-5,7-8,18H,6H2,1-2H3,(H,19,20,22). The quantitative estimate of drug-likeness (QED) is 0.621. The summed E-state index contributed by atoms with van der Waals surface area (Å²) in [7, 11) is 2.55. The number of nitrogens with zero attached hydrogens (tertiary/aromatic N) is 1. The maximum absolute atomic E-state index is 12.4. The number of carbonyl (C=O) groups is 3. The number of amides is 1. The van der Waals surface area contributed by atoms with E-state index in [2.05, 4.69) is 24.8 Å². The van der Waals surface area contributed by atoms with Crippen LogP contribution in [0.25, 0.3) is 11.3 Å². The maximum Gasteiger partial charge on any atom is 0.354 e. The van der Waals surface area contributed by atoms with Crippen LogP contribution in [0.15, 0.2) is 34.4 Å². The normalized spacial score (nSPS) is 10.4. The fourth-order valence-electron chi connectivity index (χ4n) is 2.28. The van der Waals surface area contributed by atoms with Gasteiger partial charge in [-0.05, 0) is 12.1 Å². The van der Waals surface area contributed by atoms with Crippen LogP contribution in [0.5, 0.6) is 0 Å². The fraction of sp³-hybridized carbons (Fsp3) is 0.176. The Morgan fingerprint density at radius 1 is 1.30 bits per heavy atom. The Morgan fingerprint density at radius 2 is 2.11 bits per heavy atom. The number of anilines is 1. The highest BCUT2D eigenvalue weighted by molar-refractivity contribution is 7.14. The number of nitrogens with one attached hydrogen (secondary N) is 2. The van der Waals surface area contributed by atoms with E-state index in [9.17, 15) is 14.4 Å². The minimum absolute atomic E-state index is 0.144. The van der Waals surface area contributed by atoms with Crippen LogP contribution in [0, 0.1) is 0 Å². The molecule has 0 spiro atoms. The smallest absolute Gasteiger partial charge is 0.354 e. The van der Waals surface area contributed by atoms with Crippen LogP contribution >= 0.6 is 11.3 Å². The van der Waals surface area contributed by atoms with Gasteiger partial charge in [0.1, 0.15) is 17.9 Å². The second-order valence-electron chi connectivity index (χ2n) is 5.30. The Morgan fingerprint density at radius 3 is 2.85 bits per heavy atom. The molecule has 2 N–H and O–H groups in total. The van der Waals surface area contributed by atoms with Crippen molar-refractivity contribution in [3.05, 3.63) is 47.0 Å². The number of rotatable bonds is 6. The molecule has 0 bridgehead atoms. The number of esters is 2. The van der Waals surface area contributed by atoms with E-state index in [4.69, 9.17) is 4.42 Å². The molecule has 3 rings (SSSR count). The average Bonchev–Trinajstić information content (AvgIpc) is 3.40. The predicted octanol–water partition coefficient (Wildman–Crippen LogP) is 2.49. The minimum Gasteiger partial charge on any atom is -0.469 e. The lowest BCUT2D eigenvalue weighted by Crippen LogP contribution is -2.14. The van der Waals surface area contributed by atoms with E-state index < -0.39 is 17.8 Å². The Balaban J connectivity index is 1.72. The third-order valence-corrected chi connectivity index (χ3v) is 4.39. The molecule has 0 radical (unpaired) electrons. The monoisotopic (exact) mass is 389 g/mol. The molecule has 10 heteroatoms. The van der Waals surface area contributed by atoms with Crippen LogP contribution in [-0.2, 0) is 20.7 Å². The molecular formula is C17H15N3O6S. The van der Waals surface area contributed by atoms with Gasteiger partial charge in [-0.2, -0.15) is 0 Å². The number of aromatic nitrogens is 2. The summed E-state index contributed by atoms with van der Waals surface area (Å²) >= 11 is 1.22. The lowest BCUT2D eigenvalue weighted by Gasteiger charge is -2.02. The Kier molecular flexibility index (Phi) is 5.36. The van der Waals surface area contributed by atoms with Gasteiger partial charge in [0.2, 0.25) is 0 Å². The van der Waals surface area contributed by atoms with Crippen LogP contribution in [-0.4, -0.2) is 42.0 Å². The first-order valence-corrected chi connectivity index (χ1v) is 8.57. The summed E-state index contributed by atoms with van der Waals surface area (Å²) in [6, 6.07) is 3.08. The van der Waals surface area contributed by atoms with E-state index in [0.29, 0.717) is 22.1 Å². The highest BCUT2D eigenvalue weighted by atomic mass is 32.1. The van der Waals surface area contributed by atoms with Crippen LogP contribution in [0.3, 0.4) is 0 Å². The van der Waals surface area contributed by atoms with Gasteiger partial charge in [0.25, 0.3) is 5.91 Å². The summed E-state index contributed by atoms with van der Waals surface area (Å²) in [6.45, 7) is 0. The lowest BCUT2D eigenvalue weighted by atomic mass is 10.2. The molecule has 3 heterocycles. The maximum atomic E-state index is 12.4. The summed E-state index contributed by atoms with van der Waals surface area (Å²) in [4.78, 5) is 42.4. The van der Waals surface area contributed by atoms with Gasteiger partial charge in [-0.1, -0.05) is 0 Å². The van der Waals surface area contributed by atoms with Crippen LogP contribution in [0.4, 0.5) is 5.13 Å². The van der Waals surface area contributed by atoms with Crippen molar-refractivity contribution >= 4 is 34.3 Å². The summed E-state index contributed by atoms with van der Waals surface area (Å²) in [6.07, 6.45) is 2.81. The fourth-order valence-corrected chi connectivity index (χ4v) is 3.00. The van der Waals surface area contributed by atoms with Crippen molar-refractivity contribution in [2.75, 3.05) is 19.5 Å². The van der Waals surface area contributed by atoms with Gasteiger partial charge in [0, 0.05) is 17.1 Å². The number of carbonyl (C=O) groups excluding carboxylic acids is 3. The zero-order valence-electron chi connectivity index (χ0n) is 14.4. The Hall–Kier alpha value is -3.40. The third kappa shape index (κ3) is 4.06. The summed E-state index contributed by atoms with van der Waals surface area (Å²) in [5.41, 5.74) is 1.80. The van der Waals surface area contributed by atoms with Gasteiger partial charge in [0.05, 0.1) is 31.7 Å². The molecule has 3 aromatic rings. The number of thiazole rings is 1. The summed E-state index contributed by atoms with van der Waals surface area (Å²) in [5, 5.41) is 4.76. The molecule has 0 fully saturated rings. The minimum atomic E-state index is -0.510. The SMILES string of the molecule is COC(=O)Cc1occc1C(=O)Nc1nc(-c2c[nH]c(C(=O)OC)c2)cs1. The topological polar surface area (TPSA) is 124 Å². The number of hydrogen-bond donors (Lipinski definition) is 2. The van der Waals surface area contributed by atoms with Crippen LogP contribution in [0.1, 0.15) is 26.6 Å². The van der Waals surface area contributed by atoms with E-state index in [1.54, 1.807) is 17.6 Å². The number of hydrogen-bond acceptors (Lipinski definition) is 8. The van der Waals surface area contributed by atoms with Gasteiger partial charge < -0.3 is 18.9 Å². The van der Waals surface area contributed by atoms with E-state index in [0.717, 1.165) is 0 Å². The lowest BCUT2D eigenvalue weighted by molar-refractivity contribution is -0.140. The Bertz CT molecular complexity index is 986. The van der Waals surface area contributed by atoms with Gasteiger partial charge >= 0.3 is 11.9 Å². The van der Waals surface area contributed by atoms with Gasteiger partial charge in [0.15, 0.2) is 5.13 Å². The van der Waals surface area contributed by atoms with Crippen LogP contribution < -0.4 is 5.32 Å². The Labute approximate surface area is 157 Å². The van der Waals surface area contributed by atoms with E-state index in [1.165, 1.54) is 37.9 Å². The molecule has 0 saturated heterocycles. The third-order valence-electron chi connectivity index (χ3n) is 3.63. The number of furan rings is 1. The molecule has 0 aliphatic rings. The average molecular weight is 389 g/mol.